The lowest BCUT2D eigenvalue weighted by molar-refractivity contribution is -0.695. The molecule has 8 N–H and O–H groups in total. The van der Waals surface area contributed by atoms with Crippen LogP contribution in [-0.2, 0) is 41.9 Å². The number of carboxylic acid groups (broad SMARTS) is 6. The standard InChI is InChI=1S/C52H54N8O8.4C2HF3O2/c1-67-35-3-5-43-37(25-35)47-41-29-59(17-11-33(41)23-39(49(47)55-43)51(65)53-27-45(61)62)21-19-57-13-7-31(8-14-57)32-9-15-58(16-10-32)20-22-60-18-12-34-24-40(52(66)54-28-46(63)64)50-48(42(34)30-60)38-26-36(68-2)4-6-44(38)56-50;4*3-2(4,5)1(6)7/h3-6,11-12,17-18,23-26,29-32H,7-10,13-16,19-22,27-28H2,1-2H3,(H4,53,54,61,62,63,64,65,66);4*(H,6,7). The molecule has 518 valence electrons. The highest BCUT2D eigenvalue weighted by atomic mass is 19.4. The Labute approximate surface area is 532 Å². The second kappa shape index (κ2) is 31.3. The fourth-order valence-corrected chi connectivity index (χ4v) is 10.7. The van der Waals surface area contributed by atoms with E-state index in [4.69, 9.17) is 49.1 Å². The number of aliphatic carboxylic acids is 6. The minimum Gasteiger partial charge on any atom is -0.542 e. The van der Waals surface area contributed by atoms with Crippen LogP contribution >= 0.6 is 0 Å². The third-order valence-electron chi connectivity index (χ3n) is 15.3. The number of carbonyl (C=O) groups is 8. The van der Waals surface area contributed by atoms with Gasteiger partial charge < -0.3 is 70.3 Å². The number of rotatable bonds is 15. The van der Waals surface area contributed by atoms with Crippen molar-refractivity contribution in [3.63, 3.8) is 0 Å². The highest BCUT2D eigenvalue weighted by Gasteiger charge is 2.39. The van der Waals surface area contributed by atoms with Gasteiger partial charge in [0.25, 0.3) is 11.8 Å². The van der Waals surface area contributed by atoms with Gasteiger partial charge in [-0.15, -0.1) is 0 Å². The molecular formula is C60H58F12N8O16. The molecule has 2 amide bonds. The number of hydrogen-bond donors (Lipinski definition) is 8. The lowest BCUT2D eigenvalue weighted by atomic mass is 9.79. The van der Waals surface area contributed by atoms with E-state index in [1.165, 1.54) is 25.7 Å². The van der Waals surface area contributed by atoms with Crippen LogP contribution in [0.2, 0.25) is 0 Å². The first-order chi connectivity index (χ1) is 44.8. The smallest absolute Gasteiger partial charge is 0.490 e. The van der Waals surface area contributed by atoms with Crippen LogP contribution in [0.1, 0.15) is 46.4 Å². The zero-order chi connectivity index (χ0) is 71.4. The quantitative estimate of drug-likeness (QED) is 0.0466. The number of H-pyrrole nitrogens is 2. The maximum absolute atomic E-state index is 13.3. The van der Waals surface area contributed by atoms with Gasteiger partial charge in [-0.1, -0.05) is 0 Å². The number of fused-ring (bicyclic) bond motifs is 10. The summed E-state index contributed by atoms with van der Waals surface area (Å²) in [6.45, 7) is 6.97. The van der Waals surface area contributed by atoms with Crippen LogP contribution in [0.4, 0.5) is 52.7 Å². The Balaban J connectivity index is 0.000000436. The molecule has 2 saturated heterocycles. The number of piperidine rings is 2. The Morgan fingerprint density at radius 2 is 0.823 bits per heavy atom. The van der Waals surface area contributed by atoms with Gasteiger partial charge in [-0.2, -0.15) is 52.7 Å². The number of amides is 2. The zero-order valence-corrected chi connectivity index (χ0v) is 50.1. The van der Waals surface area contributed by atoms with Crippen molar-refractivity contribution in [1.82, 2.24) is 30.4 Å². The van der Waals surface area contributed by atoms with Gasteiger partial charge in [0, 0.05) is 44.7 Å². The third kappa shape index (κ3) is 19.9. The van der Waals surface area contributed by atoms with Crippen molar-refractivity contribution < 1.29 is 140 Å². The van der Waals surface area contributed by atoms with E-state index >= 15 is 0 Å². The maximum Gasteiger partial charge on any atom is 0.490 e. The van der Waals surface area contributed by atoms with Crippen LogP contribution in [0.25, 0.3) is 65.2 Å². The lowest BCUT2D eigenvalue weighted by Crippen LogP contribution is -2.46. The Morgan fingerprint density at radius 3 is 1.09 bits per heavy atom. The highest BCUT2D eigenvalue weighted by Crippen LogP contribution is 2.38. The average molecular weight is 1380 g/mol. The molecule has 4 aromatic carbocycles. The molecule has 2 aliphatic rings. The highest BCUT2D eigenvalue weighted by molar-refractivity contribution is 6.26. The first-order valence-corrected chi connectivity index (χ1v) is 28.3. The van der Waals surface area contributed by atoms with Crippen LogP contribution in [0.5, 0.6) is 11.5 Å². The van der Waals surface area contributed by atoms with Crippen molar-refractivity contribution in [2.45, 2.75) is 63.5 Å². The second-order valence-corrected chi connectivity index (χ2v) is 21.5. The van der Waals surface area contributed by atoms with Crippen molar-refractivity contribution in [1.29, 1.82) is 0 Å². The molecule has 0 bridgehead atoms. The van der Waals surface area contributed by atoms with E-state index in [1.807, 2.05) is 60.7 Å². The Bertz CT molecular complexity index is 3880. The number of carboxylic acids is 6. The molecule has 8 aromatic rings. The van der Waals surface area contributed by atoms with Crippen LogP contribution in [0, 0.1) is 11.8 Å². The van der Waals surface area contributed by atoms with E-state index in [2.05, 4.69) is 64.3 Å². The van der Waals surface area contributed by atoms with E-state index in [0.29, 0.717) is 33.7 Å². The molecule has 24 nitrogen and oxygen atoms in total. The number of likely N-dealkylation sites (tertiary alicyclic amines) is 2. The molecule has 4 aromatic heterocycles. The summed E-state index contributed by atoms with van der Waals surface area (Å²) in [6, 6.07) is 19.3. The van der Waals surface area contributed by atoms with E-state index in [1.54, 1.807) is 14.2 Å². The van der Waals surface area contributed by atoms with Crippen LogP contribution < -0.4 is 39.5 Å². The Kier molecular flexibility index (Phi) is 24.4. The summed E-state index contributed by atoms with van der Waals surface area (Å²) in [5, 5.41) is 62.8. The molecule has 96 heavy (non-hydrogen) atoms. The van der Waals surface area contributed by atoms with Crippen molar-refractivity contribution in [3.05, 3.63) is 96.6 Å². The van der Waals surface area contributed by atoms with E-state index in [-0.39, 0.29) is 0 Å². The Hall–Kier alpha value is -10.3. The summed E-state index contributed by atoms with van der Waals surface area (Å²) >= 11 is 0. The summed E-state index contributed by atoms with van der Waals surface area (Å²) in [4.78, 5) is 96.4. The molecule has 0 radical (unpaired) electrons. The molecule has 0 atom stereocenters. The van der Waals surface area contributed by atoms with E-state index in [0.717, 1.165) is 118 Å². The maximum atomic E-state index is 13.3. The lowest BCUT2D eigenvalue weighted by Gasteiger charge is -2.39. The number of nitrogens with zero attached hydrogens (tertiary/aromatic N) is 4. The molecular weight excluding hydrogens is 1320 g/mol. The van der Waals surface area contributed by atoms with Gasteiger partial charge in [0.1, 0.15) is 36.5 Å². The van der Waals surface area contributed by atoms with Crippen LogP contribution in [-0.4, -0.2) is 179 Å². The van der Waals surface area contributed by atoms with Crippen molar-refractivity contribution in [2.75, 3.05) is 66.6 Å². The van der Waals surface area contributed by atoms with E-state index < -0.39 is 85.4 Å². The summed E-state index contributed by atoms with van der Waals surface area (Å²) in [6.07, 6.45) is -7.27. The van der Waals surface area contributed by atoms with Gasteiger partial charge in [-0.05, 0) is 123 Å². The van der Waals surface area contributed by atoms with Gasteiger partial charge in [0.15, 0.2) is 37.9 Å². The van der Waals surface area contributed by atoms with Gasteiger partial charge in [0.2, 0.25) is 0 Å². The normalized spacial score (nSPS) is 14.3. The monoisotopic (exact) mass is 1370 g/mol. The van der Waals surface area contributed by atoms with Crippen molar-refractivity contribution in [3.8, 4) is 11.5 Å². The number of hydrogen-bond acceptors (Lipinski definition) is 14. The SMILES string of the molecule is COc1ccc2[nH]c3c(C(=O)NCC(=O)O)cc4cc[n+](CCN5CCC(C6CCN(CC[n+]7ccc8cc(C(=O)NCC(=O)O)c9[nH]c%10ccc(OC)cc%10c9c8c7)CC6)CC5)cc4c3c2c1.O=C(O)C(F)(F)F.O=C(O)C(F)(F)F.O=C([O-])C(F)(F)F.O=C([O-])C(F)(F)F. The summed E-state index contributed by atoms with van der Waals surface area (Å²) < 4.78 is 142. The predicted molar refractivity (Wildman–Crippen MR) is 308 cm³/mol. The fraction of sp³-hybridized carbons (Fsp3) is 0.367. The molecule has 0 aliphatic carbocycles. The van der Waals surface area contributed by atoms with Gasteiger partial charge >= 0.3 is 48.6 Å². The minimum absolute atomic E-state index is 0.397. The van der Waals surface area contributed by atoms with Gasteiger partial charge in [-0.25, -0.2) is 18.7 Å². The first kappa shape index (κ1) is 74.8. The van der Waals surface area contributed by atoms with Crippen LogP contribution in [0.15, 0.2) is 85.5 Å². The Morgan fingerprint density at radius 1 is 0.510 bits per heavy atom. The van der Waals surface area contributed by atoms with E-state index in [9.17, 15) is 82.1 Å². The topological polar surface area (TPSA) is 352 Å². The molecule has 0 unspecified atom stereocenters. The van der Waals surface area contributed by atoms with Crippen molar-refractivity contribution in [2.24, 2.45) is 11.8 Å². The summed E-state index contributed by atoms with van der Waals surface area (Å²) in [5.74, 6) is -11.7. The molecule has 2 aliphatic heterocycles. The summed E-state index contributed by atoms with van der Waals surface area (Å²) in [5.41, 5.74) is 3.84. The molecule has 2 fully saturated rings. The number of alkyl halides is 12. The minimum atomic E-state index is -5.19. The largest absolute Gasteiger partial charge is 0.542 e. The second-order valence-electron chi connectivity index (χ2n) is 21.5. The number of pyridine rings is 2. The van der Waals surface area contributed by atoms with Crippen LogP contribution in [0.3, 0.4) is 0 Å². The number of carbonyl (C=O) groups excluding carboxylic acids is 4. The van der Waals surface area contributed by atoms with Gasteiger partial charge in [0.05, 0.1) is 60.2 Å². The molecule has 36 heteroatoms. The first-order valence-electron chi connectivity index (χ1n) is 28.3. The summed E-state index contributed by atoms with van der Waals surface area (Å²) in [7, 11) is 3.26. The molecule has 0 spiro atoms. The number of aromatic amines is 2. The number of nitrogens with one attached hydrogen (secondary N) is 4. The number of halogens is 12. The third-order valence-corrected chi connectivity index (χ3v) is 15.3. The molecule has 6 heterocycles. The number of ether oxygens (including phenoxy) is 2. The van der Waals surface area contributed by atoms with Crippen molar-refractivity contribution >= 4 is 113 Å². The molecule has 10 rings (SSSR count). The fourth-order valence-electron chi connectivity index (χ4n) is 10.7. The predicted octanol–water partition coefficient (Wildman–Crippen LogP) is 5.47. The number of benzene rings is 4. The molecule has 0 saturated carbocycles. The average Bonchev–Trinajstić information content (AvgIpc) is 1.56. The number of aromatic nitrogens is 4. The van der Waals surface area contributed by atoms with Gasteiger partial charge in [-0.3, -0.25) is 29.0 Å². The number of methoxy groups -OCH3 is 2. The zero-order valence-electron chi connectivity index (χ0n) is 50.1.